The molecule has 0 bridgehead atoms. The van der Waals surface area contributed by atoms with Crippen molar-refractivity contribution in [3.8, 4) is 0 Å². The van der Waals surface area contributed by atoms with Crippen LogP contribution in [0.2, 0.25) is 0 Å². The molecule has 5 rings (SSSR count). The van der Waals surface area contributed by atoms with Crippen molar-refractivity contribution in [3.05, 3.63) is 75.5 Å². The first-order valence-electron chi connectivity index (χ1n) is 7.12. The van der Waals surface area contributed by atoms with E-state index in [0.717, 1.165) is 42.4 Å². The van der Waals surface area contributed by atoms with Gasteiger partial charge < -0.3 is 0 Å². The van der Waals surface area contributed by atoms with Crippen LogP contribution in [0.1, 0.15) is 0 Å². The summed E-state index contributed by atoms with van der Waals surface area (Å²) in [5.41, 5.74) is 2.03. The van der Waals surface area contributed by atoms with Crippen molar-refractivity contribution in [2.24, 2.45) is 0 Å². The first kappa shape index (κ1) is 12.2. The van der Waals surface area contributed by atoms with Crippen LogP contribution in [0.25, 0.3) is 38.0 Å². The van der Waals surface area contributed by atoms with Gasteiger partial charge in [-0.05, 0) is 29.7 Å². The molecular weight excluding hydrogens is 338 g/mol. The van der Waals surface area contributed by atoms with Crippen LogP contribution in [0.15, 0.2) is 69.9 Å². The number of hydrogen-bond acceptors (Lipinski definition) is 1. The van der Waals surface area contributed by atoms with E-state index in [4.69, 9.17) is 0 Å². The number of pyridine rings is 1. The molecule has 22 heavy (non-hydrogen) atoms. The maximum Gasteiger partial charge on any atom is 0.263 e. The summed E-state index contributed by atoms with van der Waals surface area (Å²) in [6, 6.07) is 20.2. The van der Waals surface area contributed by atoms with Crippen LogP contribution in [0.5, 0.6) is 0 Å². The molecule has 0 aliphatic carbocycles. The minimum atomic E-state index is 0.0524. The zero-order valence-electron chi connectivity index (χ0n) is 11.5. The van der Waals surface area contributed by atoms with Gasteiger partial charge >= 0.3 is 0 Å². The standard InChI is InChI=1S/C19H10BrNO/c20-11-8-9-17-16(10-11)14-7-3-6-13-12-4-1-2-5-15(12)19(22)21(17)18(13)14/h1-10H. The Morgan fingerprint density at radius 1 is 0.727 bits per heavy atom. The van der Waals surface area contributed by atoms with Gasteiger partial charge in [-0.2, -0.15) is 0 Å². The molecule has 0 radical (unpaired) electrons. The molecule has 104 valence electrons. The average Bonchev–Trinajstić information content (AvgIpc) is 2.88. The van der Waals surface area contributed by atoms with Gasteiger partial charge in [0.25, 0.3) is 5.56 Å². The zero-order chi connectivity index (χ0) is 14.8. The SMILES string of the molecule is O=c1c2ccccc2c2cccc3c4cc(Br)ccc4n1c23. The molecule has 0 fully saturated rings. The Kier molecular flexibility index (Phi) is 2.26. The minimum absolute atomic E-state index is 0.0524. The van der Waals surface area contributed by atoms with E-state index < -0.39 is 0 Å². The molecule has 2 aromatic heterocycles. The lowest BCUT2D eigenvalue weighted by molar-refractivity contribution is 1.21. The lowest BCUT2D eigenvalue weighted by atomic mass is 10.0. The minimum Gasteiger partial charge on any atom is -0.275 e. The fraction of sp³-hybridized carbons (Fsp3) is 0. The van der Waals surface area contributed by atoms with E-state index in [2.05, 4.69) is 40.2 Å². The van der Waals surface area contributed by atoms with E-state index in [9.17, 15) is 4.79 Å². The van der Waals surface area contributed by atoms with Crippen LogP contribution in [0.4, 0.5) is 0 Å². The van der Waals surface area contributed by atoms with Crippen molar-refractivity contribution in [2.75, 3.05) is 0 Å². The van der Waals surface area contributed by atoms with Gasteiger partial charge in [-0.15, -0.1) is 0 Å². The number of rotatable bonds is 0. The molecule has 0 atom stereocenters. The van der Waals surface area contributed by atoms with Crippen LogP contribution in [0, 0.1) is 0 Å². The third-order valence-electron chi connectivity index (χ3n) is 4.40. The van der Waals surface area contributed by atoms with Crippen LogP contribution in [0.3, 0.4) is 0 Å². The average molecular weight is 348 g/mol. The van der Waals surface area contributed by atoms with E-state index in [0.29, 0.717) is 0 Å². The molecule has 0 saturated carbocycles. The second-order valence-electron chi connectivity index (χ2n) is 5.55. The molecule has 2 heterocycles. The normalized spacial score (nSPS) is 12.0. The molecule has 3 aromatic carbocycles. The Balaban J connectivity index is 2.29. The number of aromatic nitrogens is 1. The highest BCUT2D eigenvalue weighted by Crippen LogP contribution is 2.34. The second kappa shape index (κ2) is 4.08. The summed E-state index contributed by atoms with van der Waals surface area (Å²) in [4.78, 5) is 13.0. The van der Waals surface area contributed by atoms with Crippen molar-refractivity contribution in [1.29, 1.82) is 0 Å². The largest absolute Gasteiger partial charge is 0.275 e. The molecule has 0 aliphatic heterocycles. The number of benzene rings is 3. The fourth-order valence-corrected chi connectivity index (χ4v) is 3.86. The highest BCUT2D eigenvalue weighted by molar-refractivity contribution is 9.10. The van der Waals surface area contributed by atoms with Crippen LogP contribution in [-0.4, -0.2) is 4.40 Å². The monoisotopic (exact) mass is 347 g/mol. The Hall–Kier alpha value is -2.39. The number of halogens is 1. The predicted octanol–water partition coefficient (Wildman–Crippen LogP) is 4.96. The van der Waals surface area contributed by atoms with Gasteiger partial charge in [-0.3, -0.25) is 9.20 Å². The van der Waals surface area contributed by atoms with Crippen molar-refractivity contribution < 1.29 is 0 Å². The van der Waals surface area contributed by atoms with Gasteiger partial charge in [0.05, 0.1) is 11.0 Å². The fourth-order valence-electron chi connectivity index (χ4n) is 3.49. The summed E-state index contributed by atoms with van der Waals surface area (Å²) in [6.07, 6.45) is 0. The van der Waals surface area contributed by atoms with Gasteiger partial charge in [0.15, 0.2) is 0 Å². The Morgan fingerprint density at radius 2 is 1.41 bits per heavy atom. The second-order valence-corrected chi connectivity index (χ2v) is 6.47. The van der Waals surface area contributed by atoms with Crippen molar-refractivity contribution >= 4 is 53.9 Å². The first-order chi connectivity index (χ1) is 10.8. The van der Waals surface area contributed by atoms with E-state index >= 15 is 0 Å². The van der Waals surface area contributed by atoms with Crippen molar-refractivity contribution in [1.82, 2.24) is 4.40 Å². The lowest BCUT2D eigenvalue weighted by Crippen LogP contribution is -2.12. The molecule has 2 nitrogen and oxygen atoms in total. The molecule has 5 aromatic rings. The number of fused-ring (bicyclic) bond motifs is 5. The van der Waals surface area contributed by atoms with Gasteiger partial charge in [0, 0.05) is 26.0 Å². The van der Waals surface area contributed by atoms with Crippen LogP contribution in [-0.2, 0) is 0 Å². The summed E-state index contributed by atoms with van der Waals surface area (Å²) in [5.74, 6) is 0. The Morgan fingerprint density at radius 3 is 2.23 bits per heavy atom. The highest BCUT2D eigenvalue weighted by Gasteiger charge is 2.16. The van der Waals surface area contributed by atoms with Gasteiger partial charge in [0.2, 0.25) is 0 Å². The molecule has 0 spiro atoms. The summed E-state index contributed by atoms with van der Waals surface area (Å²) < 4.78 is 2.88. The molecule has 0 unspecified atom stereocenters. The zero-order valence-corrected chi connectivity index (χ0v) is 13.1. The van der Waals surface area contributed by atoms with Crippen molar-refractivity contribution in [2.45, 2.75) is 0 Å². The molecule has 3 heteroatoms. The maximum atomic E-state index is 13.0. The number of hydrogen-bond donors (Lipinski definition) is 0. The quantitative estimate of drug-likeness (QED) is 0.363. The third-order valence-corrected chi connectivity index (χ3v) is 4.89. The Labute approximate surface area is 134 Å². The summed E-state index contributed by atoms with van der Waals surface area (Å²) >= 11 is 3.53. The lowest BCUT2D eigenvalue weighted by Gasteiger charge is -2.05. The summed E-state index contributed by atoms with van der Waals surface area (Å²) in [6.45, 7) is 0. The van der Waals surface area contributed by atoms with E-state index in [1.807, 2.05) is 40.8 Å². The third kappa shape index (κ3) is 1.37. The predicted molar refractivity (Wildman–Crippen MR) is 95.1 cm³/mol. The highest BCUT2D eigenvalue weighted by atomic mass is 79.9. The number of nitrogens with zero attached hydrogens (tertiary/aromatic N) is 1. The van der Waals surface area contributed by atoms with Crippen molar-refractivity contribution in [3.63, 3.8) is 0 Å². The van der Waals surface area contributed by atoms with Gasteiger partial charge in [0.1, 0.15) is 0 Å². The van der Waals surface area contributed by atoms with Crippen LogP contribution < -0.4 is 5.56 Å². The summed E-state index contributed by atoms with van der Waals surface area (Å²) in [5, 5.41) is 5.14. The Bertz CT molecular complexity index is 1250. The van der Waals surface area contributed by atoms with Crippen LogP contribution >= 0.6 is 15.9 Å². The molecular formula is C19H10BrNO. The van der Waals surface area contributed by atoms with E-state index in [1.54, 1.807) is 0 Å². The molecule has 0 amide bonds. The summed E-state index contributed by atoms with van der Waals surface area (Å²) in [7, 11) is 0. The first-order valence-corrected chi connectivity index (χ1v) is 7.92. The van der Waals surface area contributed by atoms with Gasteiger partial charge in [-0.1, -0.05) is 52.3 Å². The maximum absolute atomic E-state index is 13.0. The van der Waals surface area contributed by atoms with Gasteiger partial charge in [-0.25, -0.2) is 0 Å². The van der Waals surface area contributed by atoms with E-state index in [-0.39, 0.29) is 5.56 Å². The topological polar surface area (TPSA) is 21.5 Å². The molecule has 0 N–H and O–H groups in total. The van der Waals surface area contributed by atoms with E-state index in [1.165, 1.54) is 0 Å². The number of para-hydroxylation sites is 1. The smallest absolute Gasteiger partial charge is 0.263 e. The molecule has 0 aliphatic rings. The molecule has 0 saturated heterocycles.